The lowest BCUT2D eigenvalue weighted by Crippen LogP contribution is -2.04. The molecular weight excluding hydrogens is 484 g/mol. The topological polar surface area (TPSA) is 121 Å². The predicted molar refractivity (Wildman–Crippen MR) is 150 cm³/mol. The van der Waals surface area contributed by atoms with Gasteiger partial charge < -0.3 is 14.5 Å². The van der Waals surface area contributed by atoms with Gasteiger partial charge in [-0.3, -0.25) is 0 Å². The molecule has 0 bridgehead atoms. The second-order valence-electron chi connectivity index (χ2n) is 9.30. The van der Waals surface area contributed by atoms with Gasteiger partial charge in [0.05, 0.1) is 33.9 Å². The molecule has 4 aromatic heterocycles. The number of fused-ring (bicyclic) bond motifs is 2. The van der Waals surface area contributed by atoms with E-state index in [9.17, 15) is 10.5 Å². The van der Waals surface area contributed by atoms with Gasteiger partial charge in [0, 0.05) is 48.0 Å². The maximum absolute atomic E-state index is 9.73. The van der Waals surface area contributed by atoms with Gasteiger partial charge >= 0.3 is 0 Å². The van der Waals surface area contributed by atoms with Gasteiger partial charge in [-0.2, -0.15) is 10.5 Å². The standard InChI is InChI=1S/C31H22N8/c1-20-16-38-19-28(13-25(15-33)30(38)35-20)36-29(22-7-3-2-4-8-22)23-9-5-6-21(10-23)11-27-18-39-17-26(34)12-24(14-32)31(39)37-27/h2-10,12-13,16-19H,11,34H2,1H3. The van der Waals surface area contributed by atoms with E-state index in [1.165, 1.54) is 0 Å². The molecule has 0 saturated carbocycles. The number of nitrogens with zero attached hydrogens (tertiary/aromatic N) is 7. The lowest BCUT2D eigenvalue weighted by atomic mass is 9.98. The Balaban J connectivity index is 1.43. The zero-order chi connectivity index (χ0) is 26.9. The first kappa shape index (κ1) is 23.7. The van der Waals surface area contributed by atoms with Gasteiger partial charge in [-0.15, -0.1) is 0 Å². The molecular formula is C31H22N8. The van der Waals surface area contributed by atoms with Crippen LogP contribution in [0.5, 0.6) is 0 Å². The van der Waals surface area contributed by atoms with Crippen LogP contribution in [0.1, 0.15) is 39.2 Å². The van der Waals surface area contributed by atoms with Crippen molar-refractivity contribution in [1.82, 2.24) is 18.8 Å². The van der Waals surface area contributed by atoms with Crippen LogP contribution < -0.4 is 5.73 Å². The fourth-order valence-corrected chi connectivity index (χ4v) is 4.75. The van der Waals surface area contributed by atoms with Crippen molar-refractivity contribution in [1.29, 1.82) is 10.5 Å². The largest absolute Gasteiger partial charge is 0.397 e. The number of imidazole rings is 2. The summed E-state index contributed by atoms with van der Waals surface area (Å²) in [5, 5.41) is 19.2. The van der Waals surface area contributed by atoms with Crippen LogP contribution in [-0.4, -0.2) is 24.5 Å². The highest BCUT2D eigenvalue weighted by molar-refractivity contribution is 6.14. The molecule has 0 aliphatic carbocycles. The molecule has 6 aromatic rings. The molecule has 0 spiro atoms. The van der Waals surface area contributed by atoms with Crippen molar-refractivity contribution in [2.24, 2.45) is 4.99 Å². The average Bonchev–Trinajstić information content (AvgIpc) is 3.53. The molecule has 0 amide bonds. The lowest BCUT2D eigenvalue weighted by molar-refractivity contribution is 1.11. The van der Waals surface area contributed by atoms with Crippen molar-refractivity contribution in [3.8, 4) is 12.1 Å². The third-order valence-corrected chi connectivity index (χ3v) is 6.39. The SMILES string of the molecule is Cc1cn2cc(N=C(c3ccccc3)c3cccc(Cc4cn5cc(N)cc(C#N)c5n4)c3)cc(C#N)c2n1. The van der Waals surface area contributed by atoms with E-state index in [1.807, 2.05) is 78.4 Å². The predicted octanol–water partition coefficient (Wildman–Crippen LogP) is 5.38. The van der Waals surface area contributed by atoms with Gasteiger partial charge in [0.2, 0.25) is 0 Å². The molecule has 0 radical (unpaired) electrons. The summed E-state index contributed by atoms with van der Waals surface area (Å²) in [7, 11) is 0. The fourth-order valence-electron chi connectivity index (χ4n) is 4.75. The van der Waals surface area contributed by atoms with E-state index in [1.54, 1.807) is 22.7 Å². The average molecular weight is 507 g/mol. The van der Waals surface area contributed by atoms with Gasteiger partial charge in [0.25, 0.3) is 0 Å². The number of hydrogen-bond acceptors (Lipinski definition) is 6. The van der Waals surface area contributed by atoms with Crippen LogP contribution in [0, 0.1) is 29.6 Å². The van der Waals surface area contributed by atoms with Crippen molar-refractivity contribution < 1.29 is 0 Å². The number of benzene rings is 2. The Labute approximate surface area is 224 Å². The van der Waals surface area contributed by atoms with Gasteiger partial charge in [-0.1, -0.05) is 48.5 Å². The number of anilines is 1. The van der Waals surface area contributed by atoms with Crippen LogP contribution in [-0.2, 0) is 6.42 Å². The molecule has 8 nitrogen and oxygen atoms in total. The smallest absolute Gasteiger partial charge is 0.155 e. The van der Waals surface area contributed by atoms with Gasteiger partial charge in [-0.05, 0) is 30.7 Å². The summed E-state index contributed by atoms with van der Waals surface area (Å²) < 4.78 is 3.64. The summed E-state index contributed by atoms with van der Waals surface area (Å²) in [5.41, 5.74) is 14.6. The minimum absolute atomic E-state index is 0.440. The third-order valence-electron chi connectivity index (χ3n) is 6.39. The molecule has 2 N–H and O–H groups in total. The van der Waals surface area contributed by atoms with Crippen molar-refractivity contribution in [2.75, 3.05) is 5.73 Å². The molecule has 6 rings (SSSR count). The third kappa shape index (κ3) is 4.59. The van der Waals surface area contributed by atoms with Crippen LogP contribution in [0.3, 0.4) is 0 Å². The Hall–Kier alpha value is -5.73. The summed E-state index contributed by atoms with van der Waals surface area (Å²) in [6.45, 7) is 1.90. The van der Waals surface area contributed by atoms with Crippen LogP contribution in [0.25, 0.3) is 11.3 Å². The van der Waals surface area contributed by atoms with E-state index in [-0.39, 0.29) is 0 Å². The first-order valence-electron chi connectivity index (χ1n) is 12.3. The molecule has 2 aromatic carbocycles. The Morgan fingerprint density at radius 3 is 2.33 bits per heavy atom. The Kier molecular flexibility index (Phi) is 5.84. The number of rotatable bonds is 5. The fraction of sp³-hybridized carbons (Fsp3) is 0.0645. The maximum atomic E-state index is 9.73. The summed E-state index contributed by atoms with van der Waals surface area (Å²) in [6, 6.07) is 26.0. The van der Waals surface area contributed by atoms with E-state index in [2.05, 4.69) is 28.2 Å². The monoisotopic (exact) mass is 506 g/mol. The number of nitrogens with two attached hydrogens (primary N) is 1. The Morgan fingerprint density at radius 2 is 1.54 bits per heavy atom. The van der Waals surface area contributed by atoms with Crippen LogP contribution in [0.4, 0.5) is 11.4 Å². The van der Waals surface area contributed by atoms with Crippen molar-refractivity contribution in [3.63, 3.8) is 0 Å². The zero-order valence-corrected chi connectivity index (χ0v) is 21.1. The quantitative estimate of drug-likeness (QED) is 0.315. The maximum Gasteiger partial charge on any atom is 0.155 e. The normalized spacial score (nSPS) is 11.5. The highest BCUT2D eigenvalue weighted by Crippen LogP contribution is 2.24. The van der Waals surface area contributed by atoms with Crippen LogP contribution in [0.2, 0.25) is 0 Å². The molecule has 0 aliphatic rings. The van der Waals surface area contributed by atoms with E-state index < -0.39 is 0 Å². The number of nitriles is 2. The first-order valence-corrected chi connectivity index (χ1v) is 12.3. The number of nitrogen functional groups attached to an aromatic ring is 1. The molecule has 0 saturated heterocycles. The molecule has 0 aliphatic heterocycles. The summed E-state index contributed by atoms with van der Waals surface area (Å²) in [5.74, 6) is 0. The number of aryl methyl sites for hydroxylation is 1. The number of aromatic nitrogens is 4. The minimum Gasteiger partial charge on any atom is -0.397 e. The first-order chi connectivity index (χ1) is 19.0. The lowest BCUT2D eigenvalue weighted by Gasteiger charge is -2.10. The Morgan fingerprint density at radius 1 is 0.821 bits per heavy atom. The van der Waals surface area contributed by atoms with E-state index in [4.69, 9.17) is 10.7 Å². The van der Waals surface area contributed by atoms with E-state index in [0.29, 0.717) is 40.2 Å². The zero-order valence-electron chi connectivity index (χ0n) is 21.1. The van der Waals surface area contributed by atoms with E-state index in [0.717, 1.165) is 33.8 Å². The van der Waals surface area contributed by atoms with Gasteiger partial charge in [-0.25, -0.2) is 15.0 Å². The highest BCUT2D eigenvalue weighted by Gasteiger charge is 2.13. The van der Waals surface area contributed by atoms with Crippen molar-refractivity contribution >= 4 is 28.4 Å². The number of aliphatic imine (C=N–C) groups is 1. The van der Waals surface area contributed by atoms with E-state index >= 15 is 0 Å². The van der Waals surface area contributed by atoms with Crippen LogP contribution >= 0.6 is 0 Å². The summed E-state index contributed by atoms with van der Waals surface area (Å²) >= 11 is 0. The minimum atomic E-state index is 0.440. The molecule has 0 unspecified atom stereocenters. The second kappa shape index (κ2) is 9.62. The van der Waals surface area contributed by atoms with Gasteiger partial charge in [0.1, 0.15) is 12.1 Å². The molecule has 0 atom stereocenters. The number of hydrogen-bond donors (Lipinski definition) is 1. The Bertz CT molecular complexity index is 1980. The molecule has 4 heterocycles. The second-order valence-corrected chi connectivity index (χ2v) is 9.30. The molecule has 8 heteroatoms. The van der Waals surface area contributed by atoms with Crippen molar-refractivity contribution in [3.05, 3.63) is 131 Å². The molecule has 39 heavy (non-hydrogen) atoms. The van der Waals surface area contributed by atoms with Gasteiger partial charge in [0.15, 0.2) is 11.3 Å². The molecule has 186 valence electrons. The van der Waals surface area contributed by atoms with Crippen LogP contribution in [0.15, 0.2) is 96.5 Å². The summed E-state index contributed by atoms with van der Waals surface area (Å²) in [4.78, 5) is 14.2. The number of pyridine rings is 2. The highest BCUT2D eigenvalue weighted by atomic mass is 15.0. The molecule has 0 fully saturated rings. The summed E-state index contributed by atoms with van der Waals surface area (Å²) in [6.07, 6.45) is 8.01. The van der Waals surface area contributed by atoms with Crippen molar-refractivity contribution in [2.45, 2.75) is 13.3 Å².